The first-order valence-electron chi connectivity index (χ1n) is 9.84. The van der Waals surface area contributed by atoms with Crippen LogP contribution in [0.4, 0.5) is 0 Å². The van der Waals surface area contributed by atoms with Crippen molar-refractivity contribution in [2.24, 2.45) is 5.73 Å². The lowest BCUT2D eigenvalue weighted by Crippen LogP contribution is -2.59. The largest absolute Gasteiger partial charge is 0.480 e. The van der Waals surface area contributed by atoms with Gasteiger partial charge in [-0.25, -0.2) is 4.79 Å². The van der Waals surface area contributed by atoms with E-state index in [0.717, 1.165) is 16.5 Å². The highest BCUT2D eigenvalue weighted by molar-refractivity contribution is 5.94. The Bertz CT molecular complexity index is 974. The third kappa shape index (κ3) is 6.26. The first kappa shape index (κ1) is 24.8. The van der Waals surface area contributed by atoms with Crippen molar-refractivity contribution in [3.05, 3.63) is 36.0 Å². The molecule has 2 rings (SSSR count). The van der Waals surface area contributed by atoms with Crippen molar-refractivity contribution < 1.29 is 34.5 Å². The summed E-state index contributed by atoms with van der Waals surface area (Å²) in [6, 6.07) is 3.08. The number of carboxylic acids is 1. The first-order valence-corrected chi connectivity index (χ1v) is 9.84. The zero-order chi connectivity index (χ0) is 23.8. The van der Waals surface area contributed by atoms with Gasteiger partial charge in [0.1, 0.15) is 12.1 Å². The number of hydrogen-bond donors (Lipinski definition) is 8. The molecule has 0 fully saturated rings. The maximum atomic E-state index is 12.9. The lowest BCUT2D eigenvalue weighted by atomic mass is 10.0. The summed E-state index contributed by atoms with van der Waals surface area (Å²) in [4.78, 5) is 51.3. The number of carbonyl (C=O) groups is 4. The van der Waals surface area contributed by atoms with Gasteiger partial charge in [-0.2, -0.15) is 0 Å². The van der Waals surface area contributed by atoms with E-state index in [0.29, 0.717) is 0 Å². The number of para-hydroxylation sites is 1. The highest BCUT2D eigenvalue weighted by Crippen LogP contribution is 2.19. The van der Waals surface area contributed by atoms with Crippen molar-refractivity contribution in [1.29, 1.82) is 0 Å². The number of carbonyl (C=O) groups excluding carboxylic acids is 3. The monoisotopic (exact) mass is 449 g/mol. The molecule has 1 aromatic carbocycles. The fraction of sp³-hybridized carbons (Fsp3) is 0.400. The van der Waals surface area contributed by atoms with Gasteiger partial charge in [0.2, 0.25) is 17.7 Å². The quantitative estimate of drug-likeness (QED) is 0.185. The standard InChI is InChI=1S/C20H27N5O7/c1-10(27)17(20(31)32)25-19(30)15(9-26)24-18(29)14(23-16(28)7-21)6-11-8-22-13-5-3-2-4-12(11)13/h2-5,8,10,14-15,17,22,26-27H,6-7,9,21H2,1H3,(H,23,28)(H,24,29)(H,25,30)(H,31,32). The van der Waals surface area contributed by atoms with Gasteiger partial charge in [0.25, 0.3) is 0 Å². The number of benzene rings is 1. The number of nitrogens with two attached hydrogens (primary N) is 1. The zero-order valence-corrected chi connectivity index (χ0v) is 17.4. The molecule has 0 aliphatic rings. The van der Waals surface area contributed by atoms with Gasteiger partial charge in [-0.05, 0) is 18.6 Å². The number of fused-ring (bicyclic) bond motifs is 1. The summed E-state index contributed by atoms with van der Waals surface area (Å²) in [5, 5.41) is 35.8. The number of aliphatic hydroxyl groups is 2. The fourth-order valence-corrected chi connectivity index (χ4v) is 3.09. The number of nitrogens with one attached hydrogen (secondary N) is 4. The average Bonchev–Trinajstić information content (AvgIpc) is 3.17. The third-order valence-electron chi connectivity index (χ3n) is 4.80. The van der Waals surface area contributed by atoms with Crippen molar-refractivity contribution in [2.75, 3.05) is 13.2 Å². The molecule has 4 unspecified atom stereocenters. The van der Waals surface area contributed by atoms with Gasteiger partial charge in [0, 0.05) is 23.5 Å². The molecule has 0 aliphatic heterocycles. The van der Waals surface area contributed by atoms with Crippen molar-refractivity contribution in [2.45, 2.75) is 37.6 Å². The van der Waals surface area contributed by atoms with Crippen LogP contribution in [0.1, 0.15) is 12.5 Å². The second-order valence-corrected chi connectivity index (χ2v) is 7.20. The molecular formula is C20H27N5O7. The predicted molar refractivity (Wildman–Crippen MR) is 113 cm³/mol. The second-order valence-electron chi connectivity index (χ2n) is 7.20. The Labute approximate surface area is 183 Å². The molecule has 1 heterocycles. The Morgan fingerprint density at radius 3 is 2.31 bits per heavy atom. The van der Waals surface area contributed by atoms with Crippen LogP contribution in [0.3, 0.4) is 0 Å². The summed E-state index contributed by atoms with van der Waals surface area (Å²) >= 11 is 0. The molecule has 0 saturated carbocycles. The maximum Gasteiger partial charge on any atom is 0.328 e. The SMILES string of the molecule is CC(O)C(NC(=O)C(CO)NC(=O)C(Cc1c[nH]c2ccccc12)NC(=O)CN)C(=O)O. The molecule has 174 valence electrons. The minimum absolute atomic E-state index is 0.0623. The molecule has 0 spiro atoms. The van der Waals surface area contributed by atoms with Crippen LogP contribution >= 0.6 is 0 Å². The predicted octanol–water partition coefficient (Wildman–Crippen LogP) is -2.42. The number of aliphatic carboxylic acids is 1. The van der Waals surface area contributed by atoms with Crippen LogP contribution in [0.15, 0.2) is 30.5 Å². The number of aromatic nitrogens is 1. The molecule has 0 radical (unpaired) electrons. The molecule has 2 aromatic rings. The topological polar surface area (TPSA) is 207 Å². The first-order chi connectivity index (χ1) is 15.2. The number of amides is 3. The van der Waals surface area contributed by atoms with Gasteiger partial charge in [-0.1, -0.05) is 18.2 Å². The number of rotatable bonds is 11. The Morgan fingerprint density at radius 1 is 1.06 bits per heavy atom. The van der Waals surface area contributed by atoms with Crippen molar-refractivity contribution in [1.82, 2.24) is 20.9 Å². The third-order valence-corrected chi connectivity index (χ3v) is 4.80. The smallest absolute Gasteiger partial charge is 0.328 e. The van der Waals surface area contributed by atoms with Crippen LogP contribution in [0.2, 0.25) is 0 Å². The number of hydrogen-bond acceptors (Lipinski definition) is 7. The summed E-state index contributed by atoms with van der Waals surface area (Å²) in [6.07, 6.45) is 0.341. The van der Waals surface area contributed by atoms with E-state index in [-0.39, 0.29) is 13.0 Å². The highest BCUT2D eigenvalue weighted by Gasteiger charge is 2.31. The minimum atomic E-state index is -1.63. The molecule has 32 heavy (non-hydrogen) atoms. The van der Waals surface area contributed by atoms with Crippen molar-refractivity contribution in [3.8, 4) is 0 Å². The molecule has 12 nitrogen and oxygen atoms in total. The van der Waals surface area contributed by atoms with Gasteiger partial charge >= 0.3 is 5.97 Å². The molecule has 4 atom stereocenters. The normalized spacial score (nSPS) is 14.8. The summed E-state index contributed by atoms with van der Waals surface area (Å²) in [5.74, 6) is -3.88. The van der Waals surface area contributed by atoms with Crippen LogP contribution in [0.5, 0.6) is 0 Å². The molecule has 0 bridgehead atoms. The number of aromatic amines is 1. The summed E-state index contributed by atoms with van der Waals surface area (Å²) in [7, 11) is 0. The summed E-state index contributed by atoms with van der Waals surface area (Å²) in [5.41, 5.74) is 6.89. The highest BCUT2D eigenvalue weighted by atomic mass is 16.4. The van der Waals surface area contributed by atoms with E-state index in [2.05, 4.69) is 20.9 Å². The number of aliphatic hydroxyl groups excluding tert-OH is 2. The molecule has 0 aliphatic carbocycles. The molecule has 3 amide bonds. The van der Waals surface area contributed by atoms with E-state index in [1.165, 1.54) is 6.92 Å². The lowest BCUT2D eigenvalue weighted by molar-refractivity contribution is -0.145. The molecular weight excluding hydrogens is 422 g/mol. The fourth-order valence-electron chi connectivity index (χ4n) is 3.09. The van der Waals surface area contributed by atoms with Gasteiger partial charge in [-0.3, -0.25) is 14.4 Å². The van der Waals surface area contributed by atoms with Crippen LogP contribution in [0.25, 0.3) is 10.9 Å². The minimum Gasteiger partial charge on any atom is -0.480 e. The van der Waals surface area contributed by atoms with E-state index in [1.54, 1.807) is 6.20 Å². The van der Waals surface area contributed by atoms with E-state index in [9.17, 15) is 29.4 Å². The number of carboxylic acid groups (broad SMARTS) is 1. The average molecular weight is 449 g/mol. The van der Waals surface area contributed by atoms with Crippen LogP contribution in [-0.2, 0) is 25.6 Å². The van der Waals surface area contributed by atoms with Gasteiger partial charge < -0.3 is 42.0 Å². The van der Waals surface area contributed by atoms with Gasteiger partial charge in [-0.15, -0.1) is 0 Å². The Hall–Kier alpha value is -3.48. The van der Waals surface area contributed by atoms with Crippen LogP contribution in [0, 0.1) is 0 Å². The maximum absolute atomic E-state index is 12.9. The molecule has 0 saturated heterocycles. The lowest BCUT2D eigenvalue weighted by Gasteiger charge is -2.24. The molecule has 1 aromatic heterocycles. The van der Waals surface area contributed by atoms with Crippen LogP contribution < -0.4 is 21.7 Å². The van der Waals surface area contributed by atoms with Crippen molar-refractivity contribution >= 4 is 34.6 Å². The van der Waals surface area contributed by atoms with E-state index in [1.807, 2.05) is 24.3 Å². The summed E-state index contributed by atoms with van der Waals surface area (Å²) in [6.45, 7) is -0.0319. The molecule has 9 N–H and O–H groups in total. The second kappa shape index (κ2) is 11.2. The van der Waals surface area contributed by atoms with Crippen LogP contribution in [-0.4, -0.2) is 81.4 Å². The summed E-state index contributed by atoms with van der Waals surface area (Å²) < 4.78 is 0. The Balaban J connectivity index is 2.17. The van der Waals surface area contributed by atoms with E-state index >= 15 is 0 Å². The number of H-pyrrole nitrogens is 1. The van der Waals surface area contributed by atoms with Gasteiger partial charge in [0.15, 0.2) is 6.04 Å². The Morgan fingerprint density at radius 2 is 1.72 bits per heavy atom. The van der Waals surface area contributed by atoms with E-state index in [4.69, 9.17) is 10.8 Å². The van der Waals surface area contributed by atoms with E-state index < -0.39 is 54.5 Å². The van der Waals surface area contributed by atoms with Crippen molar-refractivity contribution in [3.63, 3.8) is 0 Å². The Kier molecular flexibility index (Phi) is 8.70. The zero-order valence-electron chi connectivity index (χ0n) is 17.4. The van der Waals surface area contributed by atoms with Gasteiger partial charge in [0.05, 0.1) is 19.3 Å². The molecule has 12 heteroatoms.